The van der Waals surface area contributed by atoms with Crippen LogP contribution in [0.5, 0.6) is 5.75 Å². The van der Waals surface area contributed by atoms with Gasteiger partial charge in [0, 0.05) is 22.5 Å². The first kappa shape index (κ1) is 21.3. The number of hydrogen-bond donors (Lipinski definition) is 3. The Morgan fingerprint density at radius 2 is 1.87 bits per heavy atom. The van der Waals surface area contributed by atoms with Gasteiger partial charge in [-0.25, -0.2) is 5.10 Å². The van der Waals surface area contributed by atoms with E-state index in [4.69, 9.17) is 4.74 Å². The van der Waals surface area contributed by atoms with Crippen molar-refractivity contribution in [2.75, 3.05) is 39.8 Å². The number of piperazine rings is 1. The van der Waals surface area contributed by atoms with Crippen LogP contribution in [0.25, 0.3) is 5.95 Å². The zero-order valence-corrected chi connectivity index (χ0v) is 18.8. The molecule has 2 aromatic heterocycles. The molecule has 0 spiro atoms. The molecule has 0 radical (unpaired) electrons. The van der Waals surface area contributed by atoms with E-state index in [2.05, 4.69) is 40.3 Å². The Labute approximate surface area is 182 Å². The maximum Gasteiger partial charge on any atom is 0.229 e. The first-order valence-electron chi connectivity index (χ1n) is 10.8. The number of methoxy groups -OCH3 is 1. The molecule has 0 saturated carbocycles. The first-order valence-corrected chi connectivity index (χ1v) is 10.8. The number of aryl methyl sites for hydroxylation is 2. The summed E-state index contributed by atoms with van der Waals surface area (Å²) in [4.78, 5) is 20.2. The van der Waals surface area contributed by atoms with Crippen LogP contribution in [0, 0.1) is 20.8 Å². The number of benzene rings is 1. The molecule has 3 aromatic rings. The number of ether oxygens (including phenoxy) is 1. The van der Waals surface area contributed by atoms with E-state index < -0.39 is 0 Å². The highest BCUT2D eigenvalue weighted by Crippen LogP contribution is 2.19. The molecule has 0 aliphatic carbocycles. The summed E-state index contributed by atoms with van der Waals surface area (Å²) < 4.78 is 7.49. The van der Waals surface area contributed by atoms with Crippen molar-refractivity contribution in [2.45, 2.75) is 27.3 Å². The minimum Gasteiger partial charge on any atom is -0.496 e. The molecular formula is C23H32N6O2+2. The van der Waals surface area contributed by atoms with Gasteiger partial charge in [-0.2, -0.15) is 10.1 Å². The van der Waals surface area contributed by atoms with Crippen molar-refractivity contribution >= 4 is 5.78 Å². The summed E-state index contributed by atoms with van der Waals surface area (Å²) >= 11 is 0. The quantitative estimate of drug-likeness (QED) is 0.455. The highest BCUT2D eigenvalue weighted by atomic mass is 16.5. The van der Waals surface area contributed by atoms with Crippen LogP contribution in [-0.4, -0.2) is 65.4 Å². The Hall–Kier alpha value is -2.97. The van der Waals surface area contributed by atoms with E-state index in [0.29, 0.717) is 12.5 Å². The number of nitrogens with zero attached hydrogens (tertiary/aromatic N) is 3. The summed E-state index contributed by atoms with van der Waals surface area (Å²) in [6.45, 7) is 11.7. The zero-order valence-electron chi connectivity index (χ0n) is 18.8. The van der Waals surface area contributed by atoms with Gasteiger partial charge in [0.05, 0.1) is 7.11 Å². The summed E-state index contributed by atoms with van der Waals surface area (Å²) in [5.41, 5.74) is 5.19. The number of nitrogens with one attached hydrogen (secondary N) is 3. The Bertz CT molecular complexity index is 1050. The van der Waals surface area contributed by atoms with E-state index in [-0.39, 0.29) is 5.78 Å². The predicted octanol–water partition coefficient (Wildman–Crippen LogP) is -0.304. The number of carbonyl (C=O) groups is 1. The molecule has 8 heteroatoms. The molecule has 0 amide bonds. The van der Waals surface area contributed by atoms with Crippen molar-refractivity contribution in [1.82, 2.24) is 19.7 Å². The summed E-state index contributed by atoms with van der Waals surface area (Å²) in [7, 11) is 1.73. The SMILES string of the molecule is COc1ccc(C)cc1C[NH+]1CC[NH+](CC(=O)c2cc(C)n(-c3ncn[nH]3)c2C)CC1. The average molecular weight is 425 g/mol. The Morgan fingerprint density at radius 1 is 1.13 bits per heavy atom. The molecule has 3 N–H and O–H groups in total. The van der Waals surface area contributed by atoms with Crippen LogP contribution in [0.2, 0.25) is 0 Å². The number of quaternary nitrogens is 2. The second kappa shape index (κ2) is 9.03. The molecule has 1 fully saturated rings. The molecule has 31 heavy (non-hydrogen) atoms. The number of Topliss-reactive ketones (excluding diaryl/α,β-unsaturated/α-hetero) is 1. The number of ketones is 1. The van der Waals surface area contributed by atoms with Crippen LogP contribution in [0.3, 0.4) is 0 Å². The molecule has 0 bridgehead atoms. The van der Waals surface area contributed by atoms with Crippen molar-refractivity contribution in [3.8, 4) is 11.7 Å². The third kappa shape index (κ3) is 4.55. The van der Waals surface area contributed by atoms with Crippen molar-refractivity contribution in [1.29, 1.82) is 0 Å². The van der Waals surface area contributed by atoms with E-state index in [1.807, 2.05) is 24.5 Å². The number of H-pyrrole nitrogens is 1. The zero-order chi connectivity index (χ0) is 22.0. The van der Waals surface area contributed by atoms with Crippen LogP contribution in [0.1, 0.15) is 32.9 Å². The van der Waals surface area contributed by atoms with E-state index in [9.17, 15) is 4.79 Å². The van der Waals surface area contributed by atoms with Gasteiger partial charge in [-0.15, -0.1) is 0 Å². The third-order valence-electron chi connectivity index (χ3n) is 6.30. The van der Waals surface area contributed by atoms with Crippen LogP contribution in [0.4, 0.5) is 0 Å². The Morgan fingerprint density at radius 3 is 2.55 bits per heavy atom. The van der Waals surface area contributed by atoms with E-state index in [0.717, 1.165) is 55.4 Å². The fourth-order valence-electron chi connectivity index (χ4n) is 4.63. The standard InChI is InChI=1S/C23H30N6O2/c1-16-5-6-22(31-4)19(11-16)13-27-7-9-28(10-8-27)14-21(30)20-12-17(2)29(18(20)3)23-24-15-25-26-23/h5-6,11-12,15H,7-10,13-14H2,1-4H3,(H,24,25,26)/p+2. The van der Waals surface area contributed by atoms with E-state index >= 15 is 0 Å². The molecular weight excluding hydrogens is 392 g/mol. The van der Waals surface area contributed by atoms with Crippen molar-refractivity contribution in [3.05, 3.63) is 58.7 Å². The molecule has 8 nitrogen and oxygen atoms in total. The number of aromatic nitrogens is 4. The molecule has 1 aliphatic rings. The number of carbonyl (C=O) groups excluding carboxylic acids is 1. The minimum atomic E-state index is 0.192. The summed E-state index contributed by atoms with van der Waals surface area (Å²) in [6.07, 6.45) is 1.48. The normalized spacial score (nSPS) is 18.8. The largest absolute Gasteiger partial charge is 0.496 e. The van der Waals surface area contributed by atoms with Gasteiger partial charge >= 0.3 is 0 Å². The fourth-order valence-corrected chi connectivity index (χ4v) is 4.63. The summed E-state index contributed by atoms with van der Waals surface area (Å²) in [6, 6.07) is 8.33. The second-order valence-electron chi connectivity index (χ2n) is 8.52. The Kier molecular flexibility index (Phi) is 6.20. The molecule has 164 valence electrons. The van der Waals surface area contributed by atoms with Crippen LogP contribution >= 0.6 is 0 Å². The van der Waals surface area contributed by atoms with Gasteiger partial charge in [0.2, 0.25) is 11.7 Å². The van der Waals surface area contributed by atoms with Gasteiger partial charge in [-0.3, -0.25) is 9.36 Å². The number of hydrogen-bond acceptors (Lipinski definition) is 4. The van der Waals surface area contributed by atoms with Gasteiger partial charge in [0.1, 0.15) is 51.3 Å². The molecule has 1 aromatic carbocycles. The van der Waals surface area contributed by atoms with Crippen molar-refractivity contribution in [3.63, 3.8) is 0 Å². The molecule has 1 aliphatic heterocycles. The molecule has 3 heterocycles. The molecule has 0 atom stereocenters. The lowest BCUT2D eigenvalue weighted by Gasteiger charge is -2.29. The van der Waals surface area contributed by atoms with Crippen LogP contribution in [-0.2, 0) is 6.54 Å². The van der Waals surface area contributed by atoms with Gasteiger partial charge in [-0.1, -0.05) is 11.6 Å². The topological polar surface area (TPSA) is 81.7 Å². The maximum absolute atomic E-state index is 13.1. The van der Waals surface area contributed by atoms with Gasteiger partial charge in [0.15, 0.2) is 0 Å². The predicted molar refractivity (Wildman–Crippen MR) is 117 cm³/mol. The van der Waals surface area contributed by atoms with Gasteiger partial charge < -0.3 is 14.5 Å². The van der Waals surface area contributed by atoms with Crippen molar-refractivity contribution in [2.24, 2.45) is 0 Å². The summed E-state index contributed by atoms with van der Waals surface area (Å²) in [5, 5.41) is 6.80. The smallest absolute Gasteiger partial charge is 0.229 e. The lowest BCUT2D eigenvalue weighted by Crippen LogP contribution is -3.27. The number of aromatic amines is 1. The highest BCUT2D eigenvalue weighted by Gasteiger charge is 2.27. The monoisotopic (exact) mass is 424 g/mol. The first-order chi connectivity index (χ1) is 15.0. The minimum absolute atomic E-state index is 0.192. The summed E-state index contributed by atoms with van der Waals surface area (Å²) in [5.74, 6) is 1.80. The van der Waals surface area contributed by atoms with Crippen molar-refractivity contribution < 1.29 is 19.3 Å². The molecule has 4 rings (SSSR count). The third-order valence-corrected chi connectivity index (χ3v) is 6.30. The van der Waals surface area contributed by atoms with Gasteiger partial charge in [-0.05, 0) is 39.0 Å². The van der Waals surface area contributed by atoms with Crippen LogP contribution < -0.4 is 14.5 Å². The second-order valence-corrected chi connectivity index (χ2v) is 8.52. The highest BCUT2D eigenvalue weighted by molar-refractivity contribution is 5.98. The van der Waals surface area contributed by atoms with Crippen LogP contribution in [0.15, 0.2) is 30.6 Å². The molecule has 0 unspecified atom stereocenters. The molecule has 1 saturated heterocycles. The maximum atomic E-state index is 13.1. The lowest BCUT2D eigenvalue weighted by molar-refractivity contribution is -1.01. The average Bonchev–Trinajstić information content (AvgIpc) is 3.37. The van der Waals surface area contributed by atoms with E-state index in [1.165, 1.54) is 22.4 Å². The fraction of sp³-hybridized carbons (Fsp3) is 0.435. The van der Waals surface area contributed by atoms with E-state index in [1.54, 1.807) is 12.0 Å². The van der Waals surface area contributed by atoms with Gasteiger partial charge in [0.25, 0.3) is 0 Å². The number of rotatable bonds is 7. The Balaban J connectivity index is 1.36. The lowest BCUT2D eigenvalue weighted by atomic mass is 10.1.